The van der Waals surface area contributed by atoms with Crippen molar-refractivity contribution >= 4 is 44.9 Å². The van der Waals surface area contributed by atoms with Crippen LogP contribution in [0.3, 0.4) is 0 Å². The van der Waals surface area contributed by atoms with E-state index in [0.717, 1.165) is 12.1 Å². The number of nitrogens with zero attached hydrogens (tertiary/aromatic N) is 2. The summed E-state index contributed by atoms with van der Waals surface area (Å²) in [5, 5.41) is 0.376. The first-order chi connectivity index (χ1) is 23.9. The molecule has 0 saturated carbocycles. The van der Waals surface area contributed by atoms with E-state index in [1.165, 1.54) is 36.8 Å². The van der Waals surface area contributed by atoms with Crippen LogP contribution in [0, 0.1) is 6.92 Å². The minimum absolute atomic E-state index is 0.0475. The number of halogens is 9. The molecule has 4 nitrogen and oxygen atoms in total. The Hall–Kier alpha value is -5.59. The average Bonchev–Trinajstić information content (AvgIpc) is 3.52. The van der Waals surface area contributed by atoms with Crippen LogP contribution in [0.1, 0.15) is 40.4 Å². The van der Waals surface area contributed by atoms with Crippen LogP contribution in [0.4, 0.5) is 50.9 Å². The third-order valence-electron chi connectivity index (χ3n) is 9.10. The highest BCUT2D eigenvalue weighted by atomic mass is 19.4. The van der Waals surface area contributed by atoms with Crippen molar-refractivity contribution < 1.29 is 49.0 Å². The molecule has 2 aliphatic rings. The molecule has 0 spiro atoms. The van der Waals surface area contributed by atoms with Gasteiger partial charge in [0.2, 0.25) is 17.2 Å². The number of hydrogen-bond acceptors (Lipinski definition) is 2. The number of hydrogen-bond donors (Lipinski definition) is 0. The molecule has 0 saturated heterocycles. The molecule has 0 radical (unpaired) electrons. The van der Waals surface area contributed by atoms with Crippen LogP contribution in [-0.4, -0.2) is 23.2 Å². The Morgan fingerprint density at radius 1 is 0.647 bits per heavy atom. The molecule has 0 bridgehead atoms. The summed E-state index contributed by atoms with van der Waals surface area (Å²) in [6.45, 7) is 3.14. The van der Waals surface area contributed by atoms with Crippen molar-refractivity contribution in [3.63, 3.8) is 0 Å². The summed E-state index contributed by atoms with van der Waals surface area (Å²) < 4.78 is 133. The molecular weight excluding hydrogens is 687 g/mol. The molecule has 7 rings (SSSR count). The van der Waals surface area contributed by atoms with Gasteiger partial charge >= 0.3 is 18.5 Å². The van der Waals surface area contributed by atoms with E-state index in [1.807, 2.05) is 0 Å². The number of rotatable bonds is 4. The summed E-state index contributed by atoms with van der Waals surface area (Å²) in [6, 6.07) is 19.2. The smallest absolute Gasteiger partial charge is 0.416 e. The van der Waals surface area contributed by atoms with Crippen molar-refractivity contribution in [3.8, 4) is 5.69 Å². The Morgan fingerprint density at radius 2 is 1.25 bits per heavy atom. The molecule has 1 aliphatic heterocycles. The lowest BCUT2D eigenvalue weighted by atomic mass is 9.78. The quantitative estimate of drug-likeness (QED) is 0.106. The van der Waals surface area contributed by atoms with Crippen LogP contribution < -0.4 is 4.58 Å². The zero-order valence-electron chi connectivity index (χ0n) is 26.8. The first kappa shape index (κ1) is 33.9. The minimum Gasteiger partial charge on any atom is -0.495 e. The van der Waals surface area contributed by atoms with Gasteiger partial charge < -0.3 is 9.30 Å². The number of ether oxygens (including phenoxy) is 1. The highest BCUT2D eigenvalue weighted by Crippen LogP contribution is 2.50. The van der Waals surface area contributed by atoms with Gasteiger partial charge in [-0.25, -0.2) is 0 Å². The van der Waals surface area contributed by atoms with Crippen LogP contribution in [0.15, 0.2) is 102 Å². The first-order valence-corrected chi connectivity index (χ1v) is 15.3. The van der Waals surface area contributed by atoms with Gasteiger partial charge in [0.05, 0.1) is 51.6 Å². The van der Waals surface area contributed by atoms with Crippen molar-refractivity contribution in [2.75, 3.05) is 7.11 Å². The molecule has 0 unspecified atom stereocenters. The number of methoxy groups -OCH3 is 1. The average molecular weight is 712 g/mol. The van der Waals surface area contributed by atoms with Crippen molar-refractivity contribution in [3.05, 3.63) is 136 Å². The Labute approximate surface area is 284 Å². The number of aromatic nitrogens is 1. The highest BCUT2D eigenvalue weighted by Gasteiger charge is 2.47. The van der Waals surface area contributed by atoms with Crippen molar-refractivity contribution in [1.29, 1.82) is 0 Å². The third-order valence-corrected chi connectivity index (χ3v) is 9.10. The Kier molecular flexibility index (Phi) is 7.62. The molecule has 0 atom stereocenters. The van der Waals surface area contributed by atoms with E-state index in [1.54, 1.807) is 54.0 Å². The molecule has 0 N–H and O–H groups in total. The molecule has 13 heteroatoms. The van der Waals surface area contributed by atoms with Gasteiger partial charge in [0.15, 0.2) is 5.71 Å². The number of carbonyl (C=O) groups is 1. The van der Waals surface area contributed by atoms with Crippen LogP contribution in [-0.2, 0) is 28.1 Å². The second-order valence-corrected chi connectivity index (χ2v) is 12.1. The molecule has 1 aromatic heterocycles. The topological polar surface area (TPSA) is 34.2 Å². The summed E-state index contributed by atoms with van der Waals surface area (Å²) in [6.07, 6.45) is -14.8. The van der Waals surface area contributed by atoms with Gasteiger partial charge in [-0.05, 0) is 43.3 Å². The summed E-state index contributed by atoms with van der Waals surface area (Å²) in [5.41, 5.74) is -1.27. The van der Waals surface area contributed by atoms with Gasteiger partial charge in [0.1, 0.15) is 5.76 Å². The maximum atomic E-state index is 14.3. The maximum absolute atomic E-state index is 14.3. The fourth-order valence-corrected chi connectivity index (χ4v) is 6.97. The van der Waals surface area contributed by atoms with Gasteiger partial charge in [-0.2, -0.15) is 44.1 Å². The largest absolute Gasteiger partial charge is 0.495 e. The van der Waals surface area contributed by atoms with Crippen molar-refractivity contribution in [1.82, 2.24) is 9.14 Å². The second-order valence-electron chi connectivity index (χ2n) is 12.1. The van der Waals surface area contributed by atoms with E-state index in [-0.39, 0.29) is 45.4 Å². The molecule has 51 heavy (non-hydrogen) atoms. The lowest BCUT2D eigenvalue weighted by Crippen LogP contribution is -2.26. The zero-order chi connectivity index (χ0) is 36.8. The fraction of sp³-hybridized carbons (Fsp3) is 0.158. The monoisotopic (exact) mass is 711 g/mol. The maximum Gasteiger partial charge on any atom is 0.416 e. The van der Waals surface area contributed by atoms with E-state index in [9.17, 15) is 44.3 Å². The Morgan fingerprint density at radius 3 is 1.88 bits per heavy atom. The third kappa shape index (κ3) is 5.33. The van der Waals surface area contributed by atoms with E-state index in [2.05, 4.69) is 0 Å². The second kappa shape index (κ2) is 11.5. The standard InChI is InChI=1S/C38H24F9N2O2/c1-19-30(26-11-4-6-13-28(26)48(19)24-10-8-9-21(16-24)36(39,40)41)32-34(50)33(35(32)51-3)31-20(2)49(29-14-7-5-12-27(29)31)25-17-22(37(42,43)44)15-23(18-25)38(45,46)47/h4-18H,1-3H3/q+1. The molecule has 4 aromatic carbocycles. The predicted octanol–water partition coefficient (Wildman–Crippen LogP) is 10.7. The molecule has 5 aromatic rings. The minimum atomic E-state index is -5.08. The molecule has 1 aliphatic carbocycles. The number of alkyl halides is 9. The van der Waals surface area contributed by atoms with Crippen LogP contribution in [0.25, 0.3) is 27.7 Å². The van der Waals surface area contributed by atoms with Crippen LogP contribution in [0.5, 0.6) is 0 Å². The molecule has 0 amide bonds. The number of carbonyl (C=O) groups excluding carboxylic acids is 1. The van der Waals surface area contributed by atoms with Gasteiger partial charge in [-0.15, -0.1) is 0 Å². The zero-order valence-corrected chi connectivity index (χ0v) is 26.8. The number of Topliss-reactive ketones (excluding diaryl/α,β-unsaturated/α-hetero) is 1. The number of ketones is 1. The normalized spacial score (nSPS) is 16.7. The van der Waals surface area contributed by atoms with Crippen molar-refractivity contribution in [2.45, 2.75) is 32.4 Å². The van der Waals surface area contributed by atoms with E-state index in [0.29, 0.717) is 40.1 Å². The molecule has 260 valence electrons. The summed E-state index contributed by atoms with van der Waals surface area (Å²) in [7, 11) is 1.32. The lowest BCUT2D eigenvalue weighted by molar-refractivity contribution is -0.143. The van der Waals surface area contributed by atoms with Gasteiger partial charge in [0.25, 0.3) is 0 Å². The van der Waals surface area contributed by atoms with Crippen LogP contribution >= 0.6 is 0 Å². The van der Waals surface area contributed by atoms with E-state index < -0.39 is 46.7 Å². The fourth-order valence-electron chi connectivity index (χ4n) is 6.97. The Balaban J connectivity index is 1.47. The predicted molar refractivity (Wildman–Crippen MR) is 174 cm³/mol. The first-order valence-electron chi connectivity index (χ1n) is 15.3. The SMILES string of the molecule is COC1=C(c2c(C)n(-c3cc(C(F)(F)F)cc(C(F)(F)F)c3)c3ccccc23)C(=O)/C1=C1\C(C)=[N+](c2cccc(C(F)(F)F)c2)c2ccccc21. The molecule has 2 heterocycles. The van der Waals surface area contributed by atoms with E-state index in [4.69, 9.17) is 4.74 Å². The number of para-hydroxylation sites is 2. The highest BCUT2D eigenvalue weighted by molar-refractivity contribution is 6.48. The summed E-state index contributed by atoms with van der Waals surface area (Å²) in [4.78, 5) is 14.3. The van der Waals surface area contributed by atoms with E-state index >= 15 is 0 Å². The lowest BCUT2D eigenvalue weighted by Gasteiger charge is -2.26. The van der Waals surface area contributed by atoms with Gasteiger partial charge in [0, 0.05) is 47.5 Å². The van der Waals surface area contributed by atoms with Gasteiger partial charge in [-0.3, -0.25) is 4.79 Å². The molecular formula is C38H24F9N2O2+. The van der Waals surface area contributed by atoms with Crippen LogP contribution in [0.2, 0.25) is 0 Å². The number of benzene rings is 4. The number of allylic oxidation sites excluding steroid dienone is 3. The van der Waals surface area contributed by atoms with Crippen molar-refractivity contribution in [2.24, 2.45) is 0 Å². The number of fused-ring (bicyclic) bond motifs is 2. The van der Waals surface area contributed by atoms with Gasteiger partial charge in [-0.1, -0.05) is 36.4 Å². The summed E-state index contributed by atoms with van der Waals surface area (Å²) in [5.74, 6) is -0.408. The Bertz CT molecular complexity index is 2370. The molecule has 0 fully saturated rings. The summed E-state index contributed by atoms with van der Waals surface area (Å²) >= 11 is 0.